The van der Waals surface area contributed by atoms with Crippen molar-refractivity contribution in [3.8, 4) is 0 Å². The molecule has 3 aromatic carbocycles. The van der Waals surface area contributed by atoms with Gasteiger partial charge in [0, 0.05) is 17.8 Å². The van der Waals surface area contributed by atoms with Crippen molar-refractivity contribution in [2.75, 3.05) is 17.2 Å². The molecule has 3 rings (SSSR count). The summed E-state index contributed by atoms with van der Waals surface area (Å²) in [4.78, 5) is 24.4. The van der Waals surface area contributed by atoms with E-state index in [1.165, 1.54) is 0 Å². The second-order valence-corrected chi connectivity index (χ2v) is 7.03. The smallest absolute Gasteiger partial charge is 0.251 e. The monoisotopic (exact) mass is 427 g/mol. The molecule has 3 aromatic rings. The van der Waals surface area contributed by atoms with Gasteiger partial charge in [-0.3, -0.25) is 9.59 Å². The molecule has 5 nitrogen and oxygen atoms in total. The quantitative estimate of drug-likeness (QED) is 0.498. The minimum atomic E-state index is -0.248. The van der Waals surface area contributed by atoms with Crippen LogP contribution in [0.2, 0.25) is 10.0 Å². The second kappa shape index (κ2) is 9.96. The molecular formula is C22H19Cl2N3O2. The van der Waals surface area contributed by atoms with Crippen LogP contribution in [0.25, 0.3) is 0 Å². The Morgan fingerprint density at radius 3 is 2.28 bits per heavy atom. The number of hydrogen-bond acceptors (Lipinski definition) is 3. The Hall–Kier alpha value is -3.02. The van der Waals surface area contributed by atoms with E-state index in [-0.39, 0.29) is 18.4 Å². The van der Waals surface area contributed by atoms with Gasteiger partial charge in [-0.1, -0.05) is 59.6 Å². The molecule has 0 heterocycles. The highest BCUT2D eigenvalue weighted by atomic mass is 35.5. The van der Waals surface area contributed by atoms with Gasteiger partial charge in [0.1, 0.15) is 0 Å². The zero-order valence-electron chi connectivity index (χ0n) is 15.4. The lowest BCUT2D eigenvalue weighted by Gasteiger charge is -2.10. The number of nitrogens with one attached hydrogen (secondary N) is 3. The molecule has 0 atom stereocenters. The summed E-state index contributed by atoms with van der Waals surface area (Å²) < 4.78 is 0. The third-order valence-corrected chi connectivity index (χ3v) is 4.94. The van der Waals surface area contributed by atoms with Crippen LogP contribution in [-0.2, 0) is 11.3 Å². The van der Waals surface area contributed by atoms with E-state index in [9.17, 15) is 9.59 Å². The SMILES string of the molecule is O=C(CNc1cccc(Cl)c1Cl)Nc1ccc(C(=O)NCc2ccccc2)cc1. The van der Waals surface area contributed by atoms with Crippen LogP contribution < -0.4 is 16.0 Å². The Bertz CT molecular complexity index is 993. The van der Waals surface area contributed by atoms with Crippen LogP contribution in [0.1, 0.15) is 15.9 Å². The van der Waals surface area contributed by atoms with Crippen molar-refractivity contribution in [3.05, 3.63) is 94.0 Å². The first-order valence-corrected chi connectivity index (χ1v) is 9.68. The first-order chi connectivity index (χ1) is 14.0. The van der Waals surface area contributed by atoms with Crippen LogP contribution in [0, 0.1) is 0 Å². The average Bonchev–Trinajstić information content (AvgIpc) is 2.74. The molecule has 29 heavy (non-hydrogen) atoms. The Balaban J connectivity index is 1.50. The van der Waals surface area contributed by atoms with Gasteiger partial charge >= 0.3 is 0 Å². The second-order valence-electron chi connectivity index (χ2n) is 6.25. The molecule has 148 valence electrons. The molecule has 0 aromatic heterocycles. The Kier molecular flexibility index (Phi) is 7.11. The van der Waals surface area contributed by atoms with E-state index >= 15 is 0 Å². The van der Waals surface area contributed by atoms with Crippen LogP contribution in [0.4, 0.5) is 11.4 Å². The molecule has 0 saturated carbocycles. The molecule has 0 aliphatic carbocycles. The highest BCUT2D eigenvalue weighted by Crippen LogP contribution is 2.29. The number of hydrogen-bond donors (Lipinski definition) is 3. The van der Waals surface area contributed by atoms with E-state index in [1.54, 1.807) is 42.5 Å². The highest BCUT2D eigenvalue weighted by molar-refractivity contribution is 6.43. The van der Waals surface area contributed by atoms with Gasteiger partial charge in [-0.25, -0.2) is 0 Å². The summed E-state index contributed by atoms with van der Waals surface area (Å²) in [5, 5.41) is 9.35. The van der Waals surface area contributed by atoms with E-state index < -0.39 is 0 Å². The van der Waals surface area contributed by atoms with Crippen molar-refractivity contribution in [2.24, 2.45) is 0 Å². The normalized spacial score (nSPS) is 10.3. The first-order valence-electron chi connectivity index (χ1n) is 8.93. The Morgan fingerprint density at radius 1 is 0.828 bits per heavy atom. The summed E-state index contributed by atoms with van der Waals surface area (Å²) in [6.45, 7) is 0.481. The van der Waals surface area contributed by atoms with E-state index in [1.807, 2.05) is 30.3 Å². The molecule has 0 saturated heterocycles. The molecule has 0 spiro atoms. The number of benzene rings is 3. The van der Waals surface area contributed by atoms with Crippen molar-refractivity contribution in [2.45, 2.75) is 6.54 Å². The van der Waals surface area contributed by atoms with Crippen LogP contribution in [-0.4, -0.2) is 18.4 Å². The minimum Gasteiger partial charge on any atom is -0.375 e. The van der Waals surface area contributed by atoms with Gasteiger partial charge in [0.2, 0.25) is 5.91 Å². The number of rotatable bonds is 7. The Morgan fingerprint density at radius 2 is 1.55 bits per heavy atom. The minimum absolute atomic E-state index is 0.0272. The van der Waals surface area contributed by atoms with E-state index in [0.29, 0.717) is 33.5 Å². The van der Waals surface area contributed by atoms with Crippen molar-refractivity contribution in [1.29, 1.82) is 0 Å². The van der Waals surface area contributed by atoms with Crippen molar-refractivity contribution < 1.29 is 9.59 Å². The van der Waals surface area contributed by atoms with Crippen molar-refractivity contribution in [1.82, 2.24) is 5.32 Å². The number of carbonyl (C=O) groups is 2. The maximum Gasteiger partial charge on any atom is 0.251 e. The molecule has 2 amide bonds. The standard InChI is InChI=1S/C22H19Cl2N3O2/c23-18-7-4-8-19(21(18)24)25-14-20(28)27-17-11-9-16(10-12-17)22(29)26-13-15-5-2-1-3-6-15/h1-12,25H,13-14H2,(H,26,29)(H,27,28). The Labute approximate surface area is 179 Å². The lowest BCUT2D eigenvalue weighted by atomic mass is 10.1. The molecule has 7 heteroatoms. The molecular weight excluding hydrogens is 409 g/mol. The summed E-state index contributed by atoms with van der Waals surface area (Å²) >= 11 is 12.0. The van der Waals surface area contributed by atoms with Gasteiger partial charge in [-0.2, -0.15) is 0 Å². The summed E-state index contributed by atoms with van der Waals surface area (Å²) in [7, 11) is 0. The summed E-state index contributed by atoms with van der Waals surface area (Å²) in [6.07, 6.45) is 0. The van der Waals surface area contributed by atoms with Gasteiger partial charge < -0.3 is 16.0 Å². The molecule has 0 aliphatic rings. The van der Waals surface area contributed by atoms with Gasteiger partial charge in [0.25, 0.3) is 5.91 Å². The average molecular weight is 428 g/mol. The molecule has 0 aliphatic heterocycles. The van der Waals surface area contributed by atoms with Gasteiger partial charge in [0.15, 0.2) is 0 Å². The summed E-state index contributed by atoms with van der Waals surface area (Å²) in [5.41, 5.74) is 2.72. The number of anilines is 2. The topological polar surface area (TPSA) is 70.2 Å². The zero-order chi connectivity index (χ0) is 20.6. The fourth-order valence-corrected chi connectivity index (χ4v) is 2.97. The lowest BCUT2D eigenvalue weighted by molar-refractivity contribution is -0.114. The fourth-order valence-electron chi connectivity index (χ4n) is 2.61. The van der Waals surface area contributed by atoms with Gasteiger partial charge in [0.05, 0.1) is 22.3 Å². The van der Waals surface area contributed by atoms with Crippen molar-refractivity contribution >= 4 is 46.4 Å². The van der Waals surface area contributed by atoms with Crippen LogP contribution in [0.3, 0.4) is 0 Å². The van der Waals surface area contributed by atoms with Crippen LogP contribution >= 0.6 is 23.2 Å². The summed E-state index contributed by atoms with van der Waals surface area (Å²) in [5.74, 6) is -0.425. The molecule has 0 unspecified atom stereocenters. The van der Waals surface area contributed by atoms with Gasteiger partial charge in [-0.05, 0) is 42.0 Å². The molecule has 3 N–H and O–H groups in total. The van der Waals surface area contributed by atoms with E-state index in [4.69, 9.17) is 23.2 Å². The van der Waals surface area contributed by atoms with Gasteiger partial charge in [-0.15, -0.1) is 0 Å². The molecule has 0 bridgehead atoms. The molecule has 0 radical (unpaired) electrons. The summed E-state index contributed by atoms with van der Waals surface area (Å²) in [6, 6.07) is 21.5. The highest BCUT2D eigenvalue weighted by Gasteiger charge is 2.08. The zero-order valence-corrected chi connectivity index (χ0v) is 16.9. The lowest BCUT2D eigenvalue weighted by Crippen LogP contribution is -2.23. The maximum atomic E-state index is 12.2. The molecule has 0 fully saturated rings. The largest absolute Gasteiger partial charge is 0.375 e. The first kappa shape index (κ1) is 20.7. The maximum absolute atomic E-state index is 12.2. The predicted molar refractivity (Wildman–Crippen MR) is 118 cm³/mol. The number of halogens is 2. The fraction of sp³-hybridized carbons (Fsp3) is 0.0909. The van der Waals surface area contributed by atoms with E-state index in [0.717, 1.165) is 5.56 Å². The number of amides is 2. The third kappa shape index (κ3) is 5.98. The predicted octanol–water partition coefficient (Wildman–Crippen LogP) is 4.97. The number of carbonyl (C=O) groups excluding carboxylic acids is 2. The van der Waals surface area contributed by atoms with Crippen LogP contribution in [0.15, 0.2) is 72.8 Å². The van der Waals surface area contributed by atoms with Crippen molar-refractivity contribution in [3.63, 3.8) is 0 Å². The van der Waals surface area contributed by atoms with E-state index in [2.05, 4.69) is 16.0 Å². The third-order valence-electron chi connectivity index (χ3n) is 4.12. The van der Waals surface area contributed by atoms with Crippen LogP contribution in [0.5, 0.6) is 0 Å².